The fraction of sp³-hybridized carbons (Fsp3) is 0.407. The van der Waals surface area contributed by atoms with E-state index in [-0.39, 0.29) is 30.9 Å². The molecule has 11 nitrogen and oxygen atoms in total. The van der Waals surface area contributed by atoms with E-state index in [1.54, 1.807) is 36.4 Å². The van der Waals surface area contributed by atoms with Crippen LogP contribution in [0.3, 0.4) is 0 Å². The van der Waals surface area contributed by atoms with Crippen LogP contribution in [0.2, 0.25) is 0 Å². The molecule has 0 saturated heterocycles. The van der Waals surface area contributed by atoms with Gasteiger partial charge in [-0.05, 0) is 42.0 Å². The smallest absolute Gasteiger partial charge is 0.326 e. The van der Waals surface area contributed by atoms with Crippen molar-refractivity contribution in [3.05, 3.63) is 65.7 Å². The minimum Gasteiger partial charge on any atom is -0.508 e. The second-order valence-corrected chi connectivity index (χ2v) is 9.50. The molecule has 0 fully saturated rings. The van der Waals surface area contributed by atoms with E-state index in [2.05, 4.69) is 16.0 Å². The number of carbonyl (C=O) groups excluding carboxylic acids is 3. The van der Waals surface area contributed by atoms with Gasteiger partial charge in [0.05, 0.1) is 12.6 Å². The molecule has 8 N–H and O–H groups in total. The van der Waals surface area contributed by atoms with Crippen LogP contribution in [-0.2, 0) is 32.0 Å². The molecule has 2 aromatic rings. The fourth-order valence-electron chi connectivity index (χ4n) is 3.75. The van der Waals surface area contributed by atoms with E-state index in [0.717, 1.165) is 5.56 Å². The summed E-state index contributed by atoms with van der Waals surface area (Å²) in [6, 6.07) is 10.2. The Hall–Kier alpha value is -3.96. The van der Waals surface area contributed by atoms with Gasteiger partial charge in [0.2, 0.25) is 17.7 Å². The van der Waals surface area contributed by atoms with E-state index >= 15 is 0 Å². The van der Waals surface area contributed by atoms with Crippen LogP contribution < -0.4 is 21.7 Å². The number of aliphatic hydroxyl groups excluding tert-OH is 1. The van der Waals surface area contributed by atoms with Gasteiger partial charge in [-0.25, -0.2) is 4.79 Å². The van der Waals surface area contributed by atoms with Crippen molar-refractivity contribution in [2.24, 2.45) is 11.7 Å². The second kappa shape index (κ2) is 14.7. The van der Waals surface area contributed by atoms with Gasteiger partial charge in [-0.3, -0.25) is 14.4 Å². The third-order valence-electron chi connectivity index (χ3n) is 5.78. The van der Waals surface area contributed by atoms with Gasteiger partial charge < -0.3 is 37.0 Å². The molecule has 4 unspecified atom stereocenters. The van der Waals surface area contributed by atoms with Crippen molar-refractivity contribution >= 4 is 23.7 Å². The Bertz CT molecular complexity index is 1080. The molecule has 2 rings (SSSR count). The number of carbonyl (C=O) groups is 4. The number of rotatable bonds is 14. The maximum absolute atomic E-state index is 13.1. The van der Waals surface area contributed by atoms with Crippen LogP contribution in [0.15, 0.2) is 54.6 Å². The number of aromatic hydroxyl groups is 1. The lowest BCUT2D eigenvalue weighted by Crippen LogP contribution is -2.58. The lowest BCUT2D eigenvalue weighted by Gasteiger charge is -2.25. The molecule has 3 amide bonds. The monoisotopic (exact) mass is 528 g/mol. The number of amides is 3. The maximum Gasteiger partial charge on any atom is 0.326 e. The van der Waals surface area contributed by atoms with Gasteiger partial charge in [0, 0.05) is 6.42 Å². The number of carboxylic acid groups (broad SMARTS) is 1. The van der Waals surface area contributed by atoms with Crippen molar-refractivity contribution in [3.63, 3.8) is 0 Å². The summed E-state index contributed by atoms with van der Waals surface area (Å²) in [5.74, 6) is -3.47. The van der Waals surface area contributed by atoms with Gasteiger partial charge in [-0.1, -0.05) is 56.3 Å². The van der Waals surface area contributed by atoms with E-state index in [4.69, 9.17) is 5.73 Å². The van der Waals surface area contributed by atoms with Gasteiger partial charge in [0.15, 0.2) is 0 Å². The molecular weight excluding hydrogens is 492 g/mol. The Morgan fingerprint density at radius 3 is 1.84 bits per heavy atom. The average molecular weight is 529 g/mol. The normalized spacial score (nSPS) is 14.1. The quantitative estimate of drug-likeness (QED) is 0.179. The number of phenolic OH excluding ortho intramolecular Hbond substituents is 1. The molecule has 0 aliphatic carbocycles. The highest BCUT2D eigenvalue weighted by molar-refractivity contribution is 5.94. The Morgan fingerprint density at radius 1 is 0.763 bits per heavy atom. The highest BCUT2D eigenvalue weighted by Gasteiger charge is 2.30. The molecule has 0 radical (unpaired) electrons. The number of phenols is 1. The standard InChI is InChI=1S/C27H36N4O7/c1-16(2)12-22(27(37)38)30-25(35)21(14-18-8-10-19(33)11-9-18)29-26(36)23(15-32)31-24(34)20(28)13-17-6-4-3-5-7-17/h3-11,16,20-23,32-33H,12-15,28H2,1-2H3,(H,29,36)(H,30,35)(H,31,34)(H,37,38). The summed E-state index contributed by atoms with van der Waals surface area (Å²) in [7, 11) is 0. The first-order valence-electron chi connectivity index (χ1n) is 12.3. The van der Waals surface area contributed by atoms with E-state index < -0.39 is 54.5 Å². The zero-order valence-electron chi connectivity index (χ0n) is 21.5. The highest BCUT2D eigenvalue weighted by Crippen LogP contribution is 2.12. The van der Waals surface area contributed by atoms with Crippen molar-refractivity contribution in [2.75, 3.05) is 6.61 Å². The number of nitrogens with one attached hydrogen (secondary N) is 3. The van der Waals surface area contributed by atoms with Crippen LogP contribution in [0.5, 0.6) is 5.75 Å². The Labute approximate surface area is 221 Å². The molecule has 0 bridgehead atoms. The van der Waals surface area contributed by atoms with Gasteiger partial charge in [0.25, 0.3) is 0 Å². The summed E-state index contributed by atoms with van der Waals surface area (Å²) in [6.45, 7) is 2.87. The first-order chi connectivity index (χ1) is 18.0. The molecule has 0 aliphatic heterocycles. The van der Waals surface area contributed by atoms with Crippen LogP contribution in [0.1, 0.15) is 31.4 Å². The molecule has 38 heavy (non-hydrogen) atoms. The van der Waals surface area contributed by atoms with Crippen LogP contribution in [0, 0.1) is 5.92 Å². The van der Waals surface area contributed by atoms with Gasteiger partial charge in [-0.15, -0.1) is 0 Å². The lowest BCUT2D eigenvalue weighted by molar-refractivity contribution is -0.142. The minimum atomic E-state index is -1.40. The number of aliphatic hydroxyl groups is 1. The summed E-state index contributed by atoms with van der Waals surface area (Å²) in [6.07, 6.45) is 0.353. The van der Waals surface area contributed by atoms with E-state index in [0.29, 0.717) is 5.56 Å². The fourth-order valence-corrected chi connectivity index (χ4v) is 3.75. The number of aliphatic carboxylic acids is 1. The second-order valence-electron chi connectivity index (χ2n) is 9.50. The van der Waals surface area contributed by atoms with Crippen LogP contribution in [-0.4, -0.2) is 69.8 Å². The largest absolute Gasteiger partial charge is 0.508 e. The van der Waals surface area contributed by atoms with Crippen molar-refractivity contribution in [1.82, 2.24) is 16.0 Å². The highest BCUT2D eigenvalue weighted by atomic mass is 16.4. The Morgan fingerprint density at radius 2 is 1.29 bits per heavy atom. The number of hydrogen-bond donors (Lipinski definition) is 7. The summed E-state index contributed by atoms with van der Waals surface area (Å²) in [5.41, 5.74) is 7.37. The minimum absolute atomic E-state index is 0.0107. The van der Waals surface area contributed by atoms with Crippen molar-refractivity contribution in [2.45, 2.75) is 57.3 Å². The van der Waals surface area contributed by atoms with Gasteiger partial charge >= 0.3 is 5.97 Å². The summed E-state index contributed by atoms with van der Waals surface area (Å²) >= 11 is 0. The third-order valence-corrected chi connectivity index (χ3v) is 5.78. The molecular formula is C27H36N4O7. The number of carboxylic acids is 1. The first-order valence-corrected chi connectivity index (χ1v) is 12.3. The molecule has 4 atom stereocenters. The van der Waals surface area contributed by atoms with Gasteiger partial charge in [0.1, 0.15) is 23.9 Å². The molecule has 0 heterocycles. The van der Waals surface area contributed by atoms with Gasteiger partial charge in [-0.2, -0.15) is 0 Å². The summed E-state index contributed by atoms with van der Waals surface area (Å²) in [5, 5.41) is 36.2. The maximum atomic E-state index is 13.1. The number of nitrogens with two attached hydrogens (primary N) is 1. The molecule has 0 aromatic heterocycles. The molecule has 11 heteroatoms. The van der Waals surface area contributed by atoms with E-state index in [1.807, 2.05) is 19.9 Å². The molecule has 0 spiro atoms. The third kappa shape index (κ3) is 9.83. The Kier molecular flexibility index (Phi) is 11.7. The van der Waals surface area contributed by atoms with Crippen LogP contribution in [0.4, 0.5) is 0 Å². The zero-order chi connectivity index (χ0) is 28.2. The predicted octanol–water partition coefficient (Wildman–Crippen LogP) is 0.0821. The molecule has 0 saturated carbocycles. The summed E-state index contributed by atoms with van der Waals surface area (Å²) < 4.78 is 0. The Balaban J connectivity index is 2.14. The van der Waals surface area contributed by atoms with Crippen molar-refractivity contribution < 1.29 is 34.5 Å². The number of hydrogen-bond acceptors (Lipinski definition) is 7. The van der Waals surface area contributed by atoms with Crippen LogP contribution in [0.25, 0.3) is 0 Å². The van der Waals surface area contributed by atoms with Crippen molar-refractivity contribution in [3.8, 4) is 5.75 Å². The van der Waals surface area contributed by atoms with Crippen LogP contribution >= 0.6 is 0 Å². The van der Waals surface area contributed by atoms with E-state index in [1.165, 1.54) is 12.1 Å². The summed E-state index contributed by atoms with van der Waals surface area (Å²) in [4.78, 5) is 50.3. The first kappa shape index (κ1) is 30.3. The zero-order valence-corrected chi connectivity index (χ0v) is 21.5. The predicted molar refractivity (Wildman–Crippen MR) is 140 cm³/mol. The molecule has 206 valence electrons. The molecule has 0 aliphatic rings. The number of benzene rings is 2. The topological polar surface area (TPSA) is 191 Å². The van der Waals surface area contributed by atoms with Crippen molar-refractivity contribution in [1.29, 1.82) is 0 Å². The lowest BCUT2D eigenvalue weighted by atomic mass is 10.0. The SMILES string of the molecule is CC(C)CC(NC(=O)C(Cc1ccc(O)cc1)NC(=O)C(CO)NC(=O)C(N)Cc1ccccc1)C(=O)O. The molecule has 2 aromatic carbocycles. The van der Waals surface area contributed by atoms with E-state index in [9.17, 15) is 34.5 Å². The average Bonchev–Trinajstić information content (AvgIpc) is 2.87.